The van der Waals surface area contributed by atoms with Gasteiger partial charge in [0.15, 0.2) is 11.6 Å². The summed E-state index contributed by atoms with van der Waals surface area (Å²) in [7, 11) is 0. The molecule has 0 N–H and O–H groups in total. The van der Waals surface area contributed by atoms with E-state index < -0.39 is 4.92 Å². The number of benzene rings is 6. The van der Waals surface area contributed by atoms with Crippen molar-refractivity contribution >= 4 is 17.3 Å². The Morgan fingerprint density at radius 1 is 0.477 bits per heavy atom. The van der Waals surface area contributed by atoms with E-state index in [1.54, 1.807) is 24.3 Å². The summed E-state index contributed by atoms with van der Waals surface area (Å²) in [5.41, 5.74) is 3.96. The first kappa shape index (κ1) is 69.4. The molecule has 0 spiro atoms. The van der Waals surface area contributed by atoms with Crippen LogP contribution in [0.3, 0.4) is 0 Å². The molecule has 462 valence electrons. The standard InChI is InChI=1S/C23H29NO2.C22H27NO2.C14H20N2O.C13H20N2O3/c25-23(19-20-9-3-1-4-10-20)21-11-13-22(14-12-21)26-18-8-2-5-15-24-16-6-7-17-24;24-22(19-9-3-1-4-10-19)20-11-13-21(14-12-20)25-18-8-2-5-15-23-16-6-7-17-23;1-3-16(4-2)10-5-11-17-14-8-6-13(12-15)7-9-14;1-3-14(4-2)10-5-11-18-13-8-6-12(7-9-13)15(16)17/h1,3-4,9-14H,2,5-8,15-19H2;1,3-4,9-14H,2,5-8,15-18H2;6-9H,3-5,10-11H2,1-2H3;6-9H,3-5,10-11H2,1-2H3. The highest BCUT2D eigenvalue weighted by Gasteiger charge is 2.13. The number of carbonyl (C=O) groups excluding carboxylic acids is 2. The number of ether oxygens (including phenoxy) is 4. The van der Waals surface area contributed by atoms with Gasteiger partial charge in [-0.25, -0.2) is 0 Å². The minimum absolute atomic E-state index is 0.0501. The zero-order chi connectivity index (χ0) is 61.2. The Morgan fingerprint density at radius 3 is 1.26 bits per heavy atom. The largest absolute Gasteiger partial charge is 0.494 e. The van der Waals surface area contributed by atoms with Crippen molar-refractivity contribution in [3.8, 4) is 29.1 Å². The number of rotatable bonds is 34. The molecule has 0 unspecified atom stereocenters. The van der Waals surface area contributed by atoms with Crippen LogP contribution in [0.2, 0.25) is 0 Å². The minimum Gasteiger partial charge on any atom is -0.494 e. The van der Waals surface area contributed by atoms with Crippen molar-refractivity contribution in [2.75, 3.05) is 105 Å². The number of non-ortho nitro benzene ring substituents is 1. The van der Waals surface area contributed by atoms with E-state index in [-0.39, 0.29) is 17.3 Å². The van der Waals surface area contributed by atoms with Crippen LogP contribution in [0.25, 0.3) is 0 Å². The second-order valence-electron chi connectivity index (χ2n) is 21.6. The smallest absolute Gasteiger partial charge is 0.269 e. The first-order valence-corrected chi connectivity index (χ1v) is 31.6. The van der Waals surface area contributed by atoms with Crippen molar-refractivity contribution in [3.63, 3.8) is 0 Å². The lowest BCUT2D eigenvalue weighted by molar-refractivity contribution is -0.384. The number of nitro benzene ring substituents is 1. The predicted molar refractivity (Wildman–Crippen MR) is 347 cm³/mol. The number of unbranched alkanes of at least 4 members (excludes halogenated alkanes) is 4. The van der Waals surface area contributed by atoms with Crippen LogP contribution in [-0.2, 0) is 6.42 Å². The van der Waals surface area contributed by atoms with Gasteiger partial charge in [-0.05, 0) is 233 Å². The molecular formula is C72H96N6O8. The fourth-order valence-corrected chi connectivity index (χ4v) is 10.0. The highest BCUT2D eigenvalue weighted by molar-refractivity contribution is 6.09. The maximum absolute atomic E-state index is 12.4. The Kier molecular flexibility index (Phi) is 34.2. The van der Waals surface area contributed by atoms with Gasteiger partial charge in [0, 0.05) is 48.3 Å². The molecule has 0 saturated carbocycles. The number of carbonyl (C=O) groups is 2. The quantitative estimate of drug-likeness (QED) is 0.0163. The van der Waals surface area contributed by atoms with E-state index in [1.165, 1.54) is 103 Å². The molecule has 0 atom stereocenters. The normalized spacial score (nSPS) is 12.8. The monoisotopic (exact) mass is 1170 g/mol. The van der Waals surface area contributed by atoms with Crippen LogP contribution in [0, 0.1) is 21.4 Å². The van der Waals surface area contributed by atoms with Gasteiger partial charge < -0.3 is 38.5 Å². The maximum Gasteiger partial charge on any atom is 0.269 e. The lowest BCUT2D eigenvalue weighted by Crippen LogP contribution is -2.25. The van der Waals surface area contributed by atoms with Crippen LogP contribution in [0.1, 0.15) is 142 Å². The van der Waals surface area contributed by atoms with Crippen molar-refractivity contribution in [3.05, 3.63) is 196 Å². The molecule has 14 nitrogen and oxygen atoms in total. The molecule has 86 heavy (non-hydrogen) atoms. The van der Waals surface area contributed by atoms with E-state index in [1.807, 2.05) is 121 Å². The lowest BCUT2D eigenvalue weighted by Gasteiger charge is -2.17. The van der Waals surface area contributed by atoms with E-state index in [0.29, 0.717) is 35.5 Å². The summed E-state index contributed by atoms with van der Waals surface area (Å²) >= 11 is 0. The molecule has 6 aromatic carbocycles. The number of hydrogen-bond donors (Lipinski definition) is 0. The number of Topliss-reactive ketones (excluding diaryl/α,β-unsaturated/α-hetero) is 1. The highest BCUT2D eigenvalue weighted by Crippen LogP contribution is 2.20. The third-order valence-corrected chi connectivity index (χ3v) is 15.3. The molecule has 2 heterocycles. The second kappa shape index (κ2) is 42.4. The van der Waals surface area contributed by atoms with Crippen LogP contribution < -0.4 is 18.9 Å². The van der Waals surface area contributed by atoms with E-state index in [2.05, 4.69) is 53.4 Å². The molecule has 0 bridgehead atoms. The van der Waals surface area contributed by atoms with Crippen LogP contribution in [-0.4, -0.2) is 141 Å². The lowest BCUT2D eigenvalue weighted by atomic mass is 10.0. The molecule has 2 saturated heterocycles. The van der Waals surface area contributed by atoms with Gasteiger partial charge in [-0.2, -0.15) is 5.26 Å². The molecule has 6 aromatic rings. The molecule has 2 aliphatic rings. The van der Waals surface area contributed by atoms with Gasteiger partial charge in [-0.3, -0.25) is 19.7 Å². The van der Waals surface area contributed by atoms with Gasteiger partial charge in [0.1, 0.15) is 23.0 Å². The molecule has 8 rings (SSSR count). The molecule has 14 heteroatoms. The molecule has 0 aromatic heterocycles. The van der Waals surface area contributed by atoms with Gasteiger partial charge >= 0.3 is 0 Å². The number of nitrogens with zero attached hydrogens (tertiary/aromatic N) is 6. The van der Waals surface area contributed by atoms with E-state index in [0.717, 1.165) is 113 Å². The van der Waals surface area contributed by atoms with Crippen molar-refractivity contribution in [2.45, 2.75) is 111 Å². The summed E-state index contributed by atoms with van der Waals surface area (Å²) in [6.45, 7) is 25.4. The minimum atomic E-state index is -0.413. The van der Waals surface area contributed by atoms with E-state index in [4.69, 9.17) is 24.2 Å². The average molecular weight is 1170 g/mol. The zero-order valence-electron chi connectivity index (χ0n) is 52.0. The first-order chi connectivity index (χ1) is 42.1. The number of nitro groups is 1. The average Bonchev–Trinajstić information content (AvgIpc) is 4.42. The van der Waals surface area contributed by atoms with Crippen molar-refractivity contribution < 1.29 is 33.5 Å². The Labute approximate surface area is 514 Å². The number of nitriles is 1. The summed E-state index contributed by atoms with van der Waals surface area (Å²) in [5, 5.41) is 19.1. The van der Waals surface area contributed by atoms with Crippen LogP contribution in [0.5, 0.6) is 23.0 Å². The Bertz CT molecular complexity index is 2780. The highest BCUT2D eigenvalue weighted by atomic mass is 16.6. The van der Waals surface area contributed by atoms with Gasteiger partial charge in [0.2, 0.25) is 0 Å². The number of likely N-dealkylation sites (tertiary alicyclic amines) is 2. The van der Waals surface area contributed by atoms with Crippen LogP contribution in [0.15, 0.2) is 158 Å². The molecular weight excluding hydrogens is 1080 g/mol. The van der Waals surface area contributed by atoms with Crippen LogP contribution in [0.4, 0.5) is 5.69 Å². The molecule has 2 fully saturated rings. The first-order valence-electron chi connectivity index (χ1n) is 31.6. The van der Waals surface area contributed by atoms with Gasteiger partial charge in [-0.1, -0.05) is 88.4 Å². The van der Waals surface area contributed by atoms with E-state index in [9.17, 15) is 19.7 Å². The molecule has 0 amide bonds. The Morgan fingerprint density at radius 2 is 0.849 bits per heavy atom. The molecule has 0 aliphatic carbocycles. The van der Waals surface area contributed by atoms with Gasteiger partial charge in [-0.15, -0.1) is 0 Å². The Hall–Kier alpha value is -7.41. The van der Waals surface area contributed by atoms with Crippen molar-refractivity contribution in [1.82, 2.24) is 19.6 Å². The maximum atomic E-state index is 12.4. The van der Waals surface area contributed by atoms with E-state index >= 15 is 0 Å². The fraction of sp³-hybridized carbons (Fsp3) is 0.458. The summed E-state index contributed by atoms with van der Waals surface area (Å²) in [6.07, 6.45) is 15.0. The summed E-state index contributed by atoms with van der Waals surface area (Å²) < 4.78 is 22.7. The summed E-state index contributed by atoms with van der Waals surface area (Å²) in [5.74, 6) is 3.40. The van der Waals surface area contributed by atoms with Gasteiger partial charge in [0.25, 0.3) is 5.69 Å². The fourth-order valence-electron chi connectivity index (χ4n) is 10.0. The third kappa shape index (κ3) is 28.2. The van der Waals surface area contributed by atoms with Gasteiger partial charge in [0.05, 0.1) is 43.0 Å². The molecule has 2 aliphatic heterocycles. The topological polar surface area (TPSA) is 151 Å². The number of hydrogen-bond acceptors (Lipinski definition) is 13. The van der Waals surface area contributed by atoms with Crippen molar-refractivity contribution in [1.29, 1.82) is 5.26 Å². The summed E-state index contributed by atoms with van der Waals surface area (Å²) in [4.78, 5) is 44.6. The third-order valence-electron chi connectivity index (χ3n) is 15.3. The van der Waals surface area contributed by atoms with Crippen molar-refractivity contribution in [2.24, 2.45) is 0 Å². The van der Waals surface area contributed by atoms with Crippen LogP contribution >= 0.6 is 0 Å². The Balaban J connectivity index is 0.000000213. The molecule has 0 radical (unpaired) electrons. The zero-order valence-corrected chi connectivity index (χ0v) is 52.0. The number of ketones is 2. The SMILES string of the molecule is CCN(CC)CCCOc1ccc(C#N)cc1.CCN(CC)CCCOc1ccc([N+](=O)[O-])cc1.O=C(Cc1ccccc1)c1ccc(OCCCCCN2CCCC2)cc1.O=C(c1ccccc1)c1ccc(OCCCCCN2CCCC2)cc1. The predicted octanol–water partition coefficient (Wildman–Crippen LogP) is 14.7. The second-order valence-corrected chi connectivity index (χ2v) is 21.6. The summed E-state index contributed by atoms with van der Waals surface area (Å²) in [6, 6.07) is 49.8.